The van der Waals surface area contributed by atoms with Crippen molar-refractivity contribution in [1.29, 1.82) is 0 Å². The van der Waals surface area contributed by atoms with E-state index in [1.165, 1.54) is 5.56 Å². The van der Waals surface area contributed by atoms with Crippen molar-refractivity contribution < 1.29 is 19.3 Å². The molecule has 2 aromatic carbocycles. The van der Waals surface area contributed by atoms with E-state index in [4.69, 9.17) is 14.2 Å². The molecular weight excluding hydrogens is 342 g/mol. The quantitative estimate of drug-likeness (QED) is 0.735. The fraction of sp³-hybridized carbons (Fsp3) is 0.273. The second-order valence-electron chi connectivity index (χ2n) is 6.32. The lowest BCUT2D eigenvalue weighted by atomic mass is 10.0. The van der Waals surface area contributed by atoms with Crippen LogP contribution in [0.1, 0.15) is 11.1 Å². The van der Waals surface area contributed by atoms with Crippen molar-refractivity contribution in [2.24, 2.45) is 0 Å². The van der Waals surface area contributed by atoms with E-state index in [0.29, 0.717) is 6.54 Å². The van der Waals surface area contributed by atoms with Crippen LogP contribution < -0.4 is 9.47 Å². The van der Waals surface area contributed by atoms with Crippen LogP contribution in [0, 0.1) is 0 Å². The Morgan fingerprint density at radius 2 is 1.74 bits per heavy atom. The molecule has 142 valence electrons. The molecule has 0 spiro atoms. The summed E-state index contributed by atoms with van der Waals surface area (Å²) in [4.78, 5) is 1.85. The molecule has 0 radical (unpaired) electrons. The van der Waals surface area contributed by atoms with E-state index < -0.39 is 6.10 Å². The van der Waals surface area contributed by atoms with Gasteiger partial charge >= 0.3 is 0 Å². The van der Waals surface area contributed by atoms with Crippen LogP contribution in [0.25, 0.3) is 0 Å². The minimum absolute atomic E-state index is 0.235. The van der Waals surface area contributed by atoms with Crippen molar-refractivity contribution in [1.82, 2.24) is 4.90 Å². The maximum Gasteiger partial charge on any atom is 0.122 e. The van der Waals surface area contributed by atoms with Gasteiger partial charge in [0.1, 0.15) is 36.7 Å². The normalized spacial score (nSPS) is 13.9. The molecule has 2 aromatic rings. The molecule has 0 aromatic heterocycles. The topological polar surface area (TPSA) is 51.2 Å². The SMILES string of the molecule is COc1ccc(CCc2ccccc2OC[C@H](O)CN2C=COC=C2)cc1. The predicted octanol–water partition coefficient (Wildman–Crippen LogP) is 3.49. The molecule has 0 saturated carbocycles. The van der Waals surface area contributed by atoms with Gasteiger partial charge in [-0.1, -0.05) is 30.3 Å². The Morgan fingerprint density at radius 3 is 2.48 bits per heavy atom. The van der Waals surface area contributed by atoms with Gasteiger partial charge in [0.2, 0.25) is 0 Å². The first-order chi connectivity index (χ1) is 13.2. The van der Waals surface area contributed by atoms with Crippen molar-refractivity contribution in [3.05, 3.63) is 84.6 Å². The van der Waals surface area contributed by atoms with Gasteiger partial charge in [-0.25, -0.2) is 0 Å². The van der Waals surface area contributed by atoms with Crippen LogP contribution >= 0.6 is 0 Å². The average molecular weight is 367 g/mol. The summed E-state index contributed by atoms with van der Waals surface area (Å²) in [6.07, 6.45) is 7.86. The number of rotatable bonds is 9. The number of hydrogen-bond acceptors (Lipinski definition) is 5. The minimum Gasteiger partial charge on any atom is -0.497 e. The number of hydrogen-bond donors (Lipinski definition) is 1. The van der Waals surface area contributed by atoms with E-state index in [1.807, 2.05) is 35.2 Å². The molecule has 1 aliphatic heterocycles. The van der Waals surface area contributed by atoms with Gasteiger partial charge in [-0.3, -0.25) is 0 Å². The molecule has 0 fully saturated rings. The van der Waals surface area contributed by atoms with Crippen molar-refractivity contribution in [3.63, 3.8) is 0 Å². The van der Waals surface area contributed by atoms with Crippen LogP contribution in [-0.2, 0) is 17.6 Å². The van der Waals surface area contributed by atoms with Gasteiger partial charge in [-0.15, -0.1) is 0 Å². The summed E-state index contributed by atoms with van der Waals surface area (Å²) in [6.45, 7) is 0.683. The Kier molecular flexibility index (Phi) is 6.77. The maximum absolute atomic E-state index is 10.2. The average Bonchev–Trinajstić information content (AvgIpc) is 2.72. The van der Waals surface area contributed by atoms with E-state index in [9.17, 15) is 5.11 Å². The zero-order chi connectivity index (χ0) is 18.9. The molecule has 0 amide bonds. The molecule has 5 heteroatoms. The molecule has 27 heavy (non-hydrogen) atoms. The standard InChI is InChI=1S/C22H25NO4/c1-25-21-10-7-18(8-11-21)6-9-19-4-2-3-5-22(19)27-17-20(24)16-23-12-14-26-15-13-23/h2-5,7-8,10-15,20,24H,6,9,16-17H2,1H3/t20-/m1/s1. The van der Waals surface area contributed by atoms with E-state index in [2.05, 4.69) is 18.2 Å². The first-order valence-corrected chi connectivity index (χ1v) is 9.01. The molecule has 1 N–H and O–H groups in total. The van der Waals surface area contributed by atoms with E-state index in [0.717, 1.165) is 29.9 Å². The Bertz CT molecular complexity index is 758. The number of aryl methyl sites for hydroxylation is 2. The summed E-state index contributed by atoms with van der Waals surface area (Å²) in [5.74, 6) is 1.68. The largest absolute Gasteiger partial charge is 0.497 e. The Hall–Kier alpha value is -2.92. The lowest BCUT2D eigenvalue weighted by Gasteiger charge is -2.21. The second-order valence-corrected chi connectivity index (χ2v) is 6.32. The van der Waals surface area contributed by atoms with Crippen molar-refractivity contribution >= 4 is 0 Å². The molecule has 5 nitrogen and oxygen atoms in total. The zero-order valence-electron chi connectivity index (χ0n) is 15.5. The first-order valence-electron chi connectivity index (χ1n) is 9.01. The second kappa shape index (κ2) is 9.69. The molecule has 1 atom stereocenters. The highest BCUT2D eigenvalue weighted by atomic mass is 16.5. The Labute approximate surface area is 160 Å². The van der Waals surface area contributed by atoms with Crippen LogP contribution in [-0.4, -0.2) is 36.4 Å². The first kappa shape index (κ1) is 18.9. The molecule has 0 saturated heterocycles. The van der Waals surface area contributed by atoms with Gasteiger partial charge in [0.25, 0.3) is 0 Å². The van der Waals surface area contributed by atoms with E-state index in [1.54, 1.807) is 32.0 Å². The van der Waals surface area contributed by atoms with Gasteiger partial charge in [0.15, 0.2) is 0 Å². The van der Waals surface area contributed by atoms with Gasteiger partial charge in [0.05, 0.1) is 13.7 Å². The molecule has 0 aliphatic carbocycles. The van der Waals surface area contributed by atoms with Gasteiger partial charge in [0, 0.05) is 12.4 Å². The summed E-state index contributed by atoms with van der Waals surface area (Å²) in [5, 5.41) is 10.2. The number of para-hydroxylation sites is 1. The van der Waals surface area contributed by atoms with Crippen LogP contribution in [0.3, 0.4) is 0 Å². The minimum atomic E-state index is -0.605. The lowest BCUT2D eigenvalue weighted by Crippen LogP contribution is -2.30. The summed E-state index contributed by atoms with van der Waals surface area (Å²) in [6, 6.07) is 16.1. The van der Waals surface area contributed by atoms with E-state index in [-0.39, 0.29) is 6.61 Å². The summed E-state index contributed by atoms with van der Waals surface area (Å²) in [5.41, 5.74) is 2.38. The summed E-state index contributed by atoms with van der Waals surface area (Å²) >= 11 is 0. The highest BCUT2D eigenvalue weighted by Gasteiger charge is 2.11. The Balaban J connectivity index is 1.52. The highest BCUT2D eigenvalue weighted by Crippen LogP contribution is 2.21. The van der Waals surface area contributed by atoms with Crippen LogP contribution in [0.5, 0.6) is 11.5 Å². The number of aliphatic hydroxyl groups excluding tert-OH is 1. The monoisotopic (exact) mass is 367 g/mol. The fourth-order valence-electron chi connectivity index (χ4n) is 2.85. The zero-order valence-corrected chi connectivity index (χ0v) is 15.5. The van der Waals surface area contributed by atoms with Crippen LogP contribution in [0.2, 0.25) is 0 Å². The molecule has 0 bridgehead atoms. The predicted molar refractivity (Wildman–Crippen MR) is 104 cm³/mol. The third-order valence-corrected chi connectivity index (χ3v) is 4.33. The number of β-amino-alcohol motifs (C(OH)–C–C–N with tert-alkyl or cyclic N) is 1. The molecule has 3 rings (SSSR count). The third kappa shape index (κ3) is 5.79. The van der Waals surface area contributed by atoms with Gasteiger partial charge in [-0.2, -0.15) is 0 Å². The number of benzene rings is 2. The number of aliphatic hydroxyl groups is 1. The molecule has 1 heterocycles. The highest BCUT2D eigenvalue weighted by molar-refractivity contribution is 5.35. The number of methoxy groups -OCH3 is 1. The summed E-state index contributed by atoms with van der Waals surface area (Å²) in [7, 11) is 1.67. The molecule has 0 unspecified atom stereocenters. The van der Waals surface area contributed by atoms with Crippen LogP contribution in [0.4, 0.5) is 0 Å². The van der Waals surface area contributed by atoms with Gasteiger partial charge < -0.3 is 24.2 Å². The third-order valence-electron chi connectivity index (χ3n) is 4.33. The number of ether oxygens (including phenoxy) is 3. The number of nitrogens with zero attached hydrogens (tertiary/aromatic N) is 1. The van der Waals surface area contributed by atoms with Crippen molar-refractivity contribution in [2.75, 3.05) is 20.3 Å². The van der Waals surface area contributed by atoms with E-state index >= 15 is 0 Å². The fourth-order valence-corrected chi connectivity index (χ4v) is 2.85. The molecular formula is C22H25NO4. The molecule has 1 aliphatic rings. The van der Waals surface area contributed by atoms with Crippen LogP contribution in [0.15, 0.2) is 73.5 Å². The maximum atomic E-state index is 10.2. The smallest absolute Gasteiger partial charge is 0.122 e. The van der Waals surface area contributed by atoms with Crippen molar-refractivity contribution in [3.8, 4) is 11.5 Å². The van der Waals surface area contributed by atoms with Crippen molar-refractivity contribution in [2.45, 2.75) is 18.9 Å². The Morgan fingerprint density at radius 1 is 1.00 bits per heavy atom. The lowest BCUT2D eigenvalue weighted by molar-refractivity contribution is 0.0888. The summed E-state index contributed by atoms with van der Waals surface area (Å²) < 4.78 is 16.1. The van der Waals surface area contributed by atoms with Gasteiger partial charge in [-0.05, 0) is 42.2 Å².